The van der Waals surface area contributed by atoms with Crippen LogP contribution in [0.3, 0.4) is 0 Å². The van der Waals surface area contributed by atoms with Crippen molar-refractivity contribution in [2.75, 3.05) is 38.2 Å². The number of amides is 4. The number of carbonyl (C=O) groups excluding carboxylic acids is 3. The number of methoxy groups -OCH3 is 1. The lowest BCUT2D eigenvalue weighted by atomic mass is 10.1. The highest BCUT2D eigenvalue weighted by Gasteiger charge is 2.30. The smallest absolute Gasteiger partial charge is 0.322 e. The van der Waals surface area contributed by atoms with Gasteiger partial charge in [-0.05, 0) is 24.5 Å². The number of imide groups is 1. The molecule has 1 aromatic rings. The van der Waals surface area contributed by atoms with Gasteiger partial charge in [-0.25, -0.2) is 4.79 Å². The Kier molecular flexibility index (Phi) is 6.28. The number of nitrogens with zero attached hydrogens (tertiary/aromatic N) is 2. The average molecular weight is 409 g/mol. The summed E-state index contributed by atoms with van der Waals surface area (Å²) in [5, 5.41) is 5.34. The van der Waals surface area contributed by atoms with Gasteiger partial charge >= 0.3 is 6.03 Å². The highest BCUT2D eigenvalue weighted by molar-refractivity contribution is 6.33. The fourth-order valence-electron chi connectivity index (χ4n) is 3.53. The predicted octanol–water partition coefficient (Wildman–Crippen LogP) is 1.55. The lowest BCUT2D eigenvalue weighted by molar-refractivity contribution is -0.131. The molecule has 28 heavy (non-hydrogen) atoms. The Morgan fingerprint density at radius 3 is 2.54 bits per heavy atom. The Bertz CT molecular complexity index is 752. The summed E-state index contributed by atoms with van der Waals surface area (Å²) in [6.07, 6.45) is 1.35. The molecule has 8 nitrogen and oxygen atoms in total. The van der Waals surface area contributed by atoms with E-state index in [0.29, 0.717) is 43.4 Å². The molecule has 1 unspecified atom stereocenters. The van der Waals surface area contributed by atoms with Gasteiger partial charge in [0, 0.05) is 44.4 Å². The summed E-state index contributed by atoms with van der Waals surface area (Å²) >= 11 is 6.34. The number of ether oxygens (including phenoxy) is 1. The fraction of sp³-hybridized carbons (Fsp3) is 0.526. The fourth-order valence-corrected chi connectivity index (χ4v) is 3.85. The molecule has 1 aromatic carbocycles. The second-order valence-electron chi connectivity index (χ2n) is 6.90. The zero-order valence-corrected chi connectivity index (χ0v) is 16.8. The number of hydrogen-bond acceptors (Lipinski definition) is 5. The van der Waals surface area contributed by atoms with Crippen LogP contribution in [0, 0.1) is 0 Å². The van der Waals surface area contributed by atoms with Crippen molar-refractivity contribution < 1.29 is 19.1 Å². The molecule has 2 N–H and O–H groups in total. The monoisotopic (exact) mass is 408 g/mol. The van der Waals surface area contributed by atoms with Crippen LogP contribution in [0.2, 0.25) is 5.02 Å². The van der Waals surface area contributed by atoms with Crippen LogP contribution in [0.15, 0.2) is 12.1 Å². The summed E-state index contributed by atoms with van der Waals surface area (Å²) in [4.78, 5) is 39.2. The molecule has 0 radical (unpaired) electrons. The average Bonchev–Trinajstić information content (AvgIpc) is 3.03. The second kappa shape index (κ2) is 8.68. The molecule has 4 amide bonds. The first kappa shape index (κ1) is 20.3. The molecule has 2 fully saturated rings. The minimum Gasteiger partial charge on any atom is -0.495 e. The topological polar surface area (TPSA) is 91.0 Å². The van der Waals surface area contributed by atoms with Crippen molar-refractivity contribution in [3.05, 3.63) is 22.7 Å². The van der Waals surface area contributed by atoms with Crippen molar-refractivity contribution in [2.45, 2.75) is 32.2 Å². The summed E-state index contributed by atoms with van der Waals surface area (Å²) in [5.74, 6) is 0.286. The molecule has 152 valence electrons. The van der Waals surface area contributed by atoms with Crippen molar-refractivity contribution in [2.24, 2.45) is 0 Å². The molecule has 2 aliphatic rings. The van der Waals surface area contributed by atoms with Gasteiger partial charge in [-0.1, -0.05) is 18.5 Å². The van der Waals surface area contributed by atoms with Crippen LogP contribution in [0.1, 0.15) is 25.3 Å². The van der Waals surface area contributed by atoms with Gasteiger partial charge in [-0.2, -0.15) is 0 Å². The number of piperazine rings is 1. The molecule has 0 saturated carbocycles. The molecule has 2 saturated heterocycles. The van der Waals surface area contributed by atoms with Crippen molar-refractivity contribution in [3.8, 4) is 5.75 Å². The van der Waals surface area contributed by atoms with E-state index in [0.717, 1.165) is 17.7 Å². The van der Waals surface area contributed by atoms with Gasteiger partial charge < -0.3 is 19.9 Å². The highest BCUT2D eigenvalue weighted by Crippen LogP contribution is 2.34. The molecule has 0 spiro atoms. The molecule has 3 rings (SSSR count). The number of carbonyl (C=O) groups is 3. The van der Waals surface area contributed by atoms with Gasteiger partial charge in [-0.3, -0.25) is 14.9 Å². The largest absolute Gasteiger partial charge is 0.495 e. The number of halogens is 1. The first-order valence-electron chi connectivity index (χ1n) is 9.43. The summed E-state index contributed by atoms with van der Waals surface area (Å²) in [6, 6.07) is 2.89. The normalized spacial score (nSPS) is 19.5. The van der Waals surface area contributed by atoms with Gasteiger partial charge in [0.05, 0.1) is 12.1 Å². The van der Waals surface area contributed by atoms with E-state index in [1.807, 2.05) is 13.0 Å². The minimum atomic E-state index is -0.619. The van der Waals surface area contributed by atoms with Gasteiger partial charge in [0.15, 0.2) is 0 Å². The van der Waals surface area contributed by atoms with Crippen molar-refractivity contribution in [3.63, 3.8) is 0 Å². The van der Waals surface area contributed by atoms with Gasteiger partial charge in [0.1, 0.15) is 11.8 Å². The van der Waals surface area contributed by atoms with Crippen LogP contribution < -0.4 is 20.3 Å². The summed E-state index contributed by atoms with van der Waals surface area (Å²) in [5.41, 5.74) is 2.07. The molecule has 0 aromatic heterocycles. The molecule has 2 heterocycles. The van der Waals surface area contributed by atoms with Gasteiger partial charge in [0.25, 0.3) is 5.91 Å². The number of anilines is 1. The van der Waals surface area contributed by atoms with Crippen molar-refractivity contribution in [1.82, 2.24) is 15.5 Å². The zero-order valence-electron chi connectivity index (χ0n) is 16.1. The highest BCUT2D eigenvalue weighted by atomic mass is 35.5. The van der Waals surface area contributed by atoms with E-state index in [2.05, 4.69) is 21.6 Å². The molecular weight excluding hydrogens is 384 g/mol. The SMILES string of the molecule is CCc1cc(N2CCN(C(=O)CCC3NC(=O)NC3=O)CC2)cc(OC)c1Cl. The Morgan fingerprint density at radius 2 is 1.96 bits per heavy atom. The summed E-state index contributed by atoms with van der Waals surface area (Å²) in [7, 11) is 1.61. The molecular formula is C19H25ClN4O4. The zero-order chi connectivity index (χ0) is 20.3. The van der Waals surface area contributed by atoms with E-state index < -0.39 is 12.1 Å². The maximum absolute atomic E-state index is 12.5. The van der Waals surface area contributed by atoms with E-state index in [-0.39, 0.29) is 18.2 Å². The minimum absolute atomic E-state index is 0.00321. The Labute approximate surface area is 169 Å². The van der Waals surface area contributed by atoms with Crippen LogP contribution in [-0.2, 0) is 16.0 Å². The lowest BCUT2D eigenvalue weighted by Crippen LogP contribution is -2.49. The third-order valence-corrected chi connectivity index (χ3v) is 5.63. The number of aryl methyl sites for hydroxylation is 1. The van der Waals surface area contributed by atoms with E-state index >= 15 is 0 Å². The van der Waals surface area contributed by atoms with Crippen LogP contribution >= 0.6 is 11.6 Å². The van der Waals surface area contributed by atoms with Crippen LogP contribution in [0.5, 0.6) is 5.75 Å². The Balaban J connectivity index is 1.55. The third-order valence-electron chi connectivity index (χ3n) is 5.20. The second-order valence-corrected chi connectivity index (χ2v) is 7.27. The van der Waals surface area contributed by atoms with Crippen molar-refractivity contribution >= 4 is 35.1 Å². The molecule has 0 aliphatic carbocycles. The molecule has 0 bridgehead atoms. The Hall–Kier alpha value is -2.48. The number of nitrogens with one attached hydrogen (secondary N) is 2. The standard InChI is InChI=1S/C19H25ClN4O4/c1-3-12-10-13(11-15(28-2)17(12)20)23-6-8-24(9-7-23)16(25)5-4-14-18(26)22-19(27)21-14/h10-11,14H,3-9H2,1-2H3,(H2,21,22,26,27). The first-order valence-corrected chi connectivity index (χ1v) is 9.81. The lowest BCUT2D eigenvalue weighted by Gasteiger charge is -2.36. The Morgan fingerprint density at radius 1 is 1.25 bits per heavy atom. The van der Waals surface area contributed by atoms with Gasteiger partial charge in [0.2, 0.25) is 5.91 Å². The molecule has 2 aliphatic heterocycles. The van der Waals surface area contributed by atoms with E-state index in [1.165, 1.54) is 0 Å². The molecule has 9 heteroatoms. The van der Waals surface area contributed by atoms with Crippen LogP contribution in [0.25, 0.3) is 0 Å². The van der Waals surface area contributed by atoms with E-state index in [9.17, 15) is 14.4 Å². The summed E-state index contributed by atoms with van der Waals surface area (Å²) < 4.78 is 5.39. The number of rotatable bonds is 6. The first-order chi connectivity index (χ1) is 13.4. The number of urea groups is 1. The van der Waals surface area contributed by atoms with Crippen molar-refractivity contribution in [1.29, 1.82) is 0 Å². The van der Waals surface area contributed by atoms with E-state index in [4.69, 9.17) is 16.3 Å². The van der Waals surface area contributed by atoms with Crippen LogP contribution in [-0.4, -0.2) is 62.1 Å². The third kappa shape index (κ3) is 4.32. The number of benzene rings is 1. The van der Waals surface area contributed by atoms with Gasteiger partial charge in [-0.15, -0.1) is 0 Å². The van der Waals surface area contributed by atoms with E-state index in [1.54, 1.807) is 12.0 Å². The maximum Gasteiger partial charge on any atom is 0.322 e. The predicted molar refractivity (Wildman–Crippen MR) is 106 cm³/mol. The maximum atomic E-state index is 12.5. The van der Waals surface area contributed by atoms with Crippen LogP contribution in [0.4, 0.5) is 10.5 Å². The quantitative estimate of drug-likeness (QED) is 0.697. The number of hydrogen-bond donors (Lipinski definition) is 2. The summed E-state index contributed by atoms with van der Waals surface area (Å²) in [6.45, 7) is 4.68. The molecule has 1 atom stereocenters.